The summed E-state index contributed by atoms with van der Waals surface area (Å²) < 4.78 is 6.84. The van der Waals surface area contributed by atoms with Crippen molar-refractivity contribution in [3.63, 3.8) is 0 Å². The third kappa shape index (κ3) is 5.09. The molecule has 2 unspecified atom stereocenters. The van der Waals surface area contributed by atoms with E-state index in [1.165, 1.54) is 38.5 Å². The van der Waals surface area contributed by atoms with E-state index in [2.05, 4.69) is 43.3 Å². The summed E-state index contributed by atoms with van der Waals surface area (Å²) in [6, 6.07) is 20.3. The number of benzene rings is 2. The summed E-state index contributed by atoms with van der Waals surface area (Å²) in [6.07, 6.45) is 10.8. The summed E-state index contributed by atoms with van der Waals surface area (Å²) in [6.45, 7) is 0.991. The van der Waals surface area contributed by atoms with Gasteiger partial charge in [-0.05, 0) is 63.2 Å². The molecule has 0 spiro atoms. The van der Waals surface area contributed by atoms with Crippen molar-refractivity contribution in [1.29, 1.82) is 0 Å². The third-order valence-electron chi connectivity index (χ3n) is 7.74. The van der Waals surface area contributed by atoms with E-state index in [4.69, 9.17) is 4.74 Å². The van der Waals surface area contributed by atoms with Crippen LogP contribution in [0.4, 0.5) is 0 Å². The molecule has 2 saturated carbocycles. The number of carbonyl (C=O) groups excluding carboxylic acids is 1. The van der Waals surface area contributed by atoms with Crippen LogP contribution in [0.25, 0.3) is 0 Å². The average molecular weight is 434 g/mol. The van der Waals surface area contributed by atoms with Gasteiger partial charge in [-0.2, -0.15) is 0 Å². The summed E-state index contributed by atoms with van der Waals surface area (Å²) in [5, 5.41) is 0. The SMILES string of the molecule is CN(C)CC1CCCCC1(OC(=O)C(c1ccccc1)c1ccccc1)C1CCCCC1. The van der Waals surface area contributed by atoms with E-state index in [-0.39, 0.29) is 17.5 Å². The Morgan fingerprint density at radius 2 is 1.44 bits per heavy atom. The standard InChI is InChI=1S/C29H39NO2/c1-30(2)22-26-20-12-13-21-29(26,25-18-10-5-11-19-25)32-28(31)27(23-14-6-3-7-15-23)24-16-8-4-9-17-24/h3-4,6-9,14-17,25-27H,5,10-13,18-22H2,1-2H3. The van der Waals surface area contributed by atoms with Crippen LogP contribution in [0, 0.1) is 11.8 Å². The highest BCUT2D eigenvalue weighted by molar-refractivity contribution is 5.82. The smallest absolute Gasteiger partial charge is 0.318 e. The quantitative estimate of drug-likeness (QED) is 0.471. The monoisotopic (exact) mass is 433 g/mol. The lowest BCUT2D eigenvalue weighted by molar-refractivity contribution is -0.186. The Balaban J connectivity index is 1.70. The second-order valence-corrected chi connectivity index (χ2v) is 10.2. The van der Waals surface area contributed by atoms with Crippen molar-refractivity contribution in [2.75, 3.05) is 20.6 Å². The first-order valence-corrected chi connectivity index (χ1v) is 12.6. The topological polar surface area (TPSA) is 29.5 Å². The van der Waals surface area contributed by atoms with Crippen LogP contribution in [-0.4, -0.2) is 37.1 Å². The van der Waals surface area contributed by atoms with E-state index in [0.717, 1.165) is 36.9 Å². The fourth-order valence-electron chi connectivity index (χ4n) is 6.28. The molecule has 0 N–H and O–H groups in total. The zero-order valence-corrected chi connectivity index (χ0v) is 19.8. The molecular formula is C29H39NO2. The zero-order chi connectivity index (χ0) is 22.4. The number of nitrogens with zero attached hydrogens (tertiary/aromatic N) is 1. The van der Waals surface area contributed by atoms with Crippen molar-refractivity contribution in [2.24, 2.45) is 11.8 Å². The van der Waals surface area contributed by atoms with Gasteiger partial charge in [0, 0.05) is 12.5 Å². The Labute approximate surface area is 194 Å². The number of rotatable bonds is 7. The highest BCUT2D eigenvalue weighted by Crippen LogP contribution is 2.48. The Morgan fingerprint density at radius 1 is 0.875 bits per heavy atom. The molecule has 2 fully saturated rings. The van der Waals surface area contributed by atoms with Crippen LogP contribution in [0.1, 0.15) is 74.8 Å². The highest BCUT2D eigenvalue weighted by atomic mass is 16.6. The molecule has 0 aliphatic heterocycles. The Morgan fingerprint density at radius 3 is 2.00 bits per heavy atom. The van der Waals surface area contributed by atoms with E-state index < -0.39 is 0 Å². The fourth-order valence-corrected chi connectivity index (χ4v) is 6.28. The van der Waals surface area contributed by atoms with Crippen LogP contribution in [0.3, 0.4) is 0 Å². The second kappa shape index (κ2) is 10.7. The summed E-state index contributed by atoms with van der Waals surface area (Å²) in [4.78, 5) is 16.3. The van der Waals surface area contributed by atoms with E-state index in [9.17, 15) is 4.79 Å². The van der Waals surface area contributed by atoms with Gasteiger partial charge in [0.15, 0.2) is 0 Å². The summed E-state index contributed by atoms with van der Waals surface area (Å²) in [7, 11) is 4.30. The van der Waals surface area contributed by atoms with E-state index in [1.54, 1.807) is 0 Å². The van der Waals surface area contributed by atoms with Crippen molar-refractivity contribution >= 4 is 5.97 Å². The van der Waals surface area contributed by atoms with Gasteiger partial charge < -0.3 is 9.64 Å². The number of ether oxygens (including phenoxy) is 1. The molecule has 2 aliphatic carbocycles. The van der Waals surface area contributed by atoms with Crippen molar-refractivity contribution in [1.82, 2.24) is 4.90 Å². The van der Waals surface area contributed by atoms with Gasteiger partial charge in [0.1, 0.15) is 11.5 Å². The predicted molar refractivity (Wildman–Crippen MR) is 131 cm³/mol. The molecule has 2 aliphatic rings. The predicted octanol–water partition coefficient (Wildman–Crippen LogP) is 6.43. The largest absolute Gasteiger partial charge is 0.458 e. The molecule has 3 nitrogen and oxygen atoms in total. The first kappa shape index (κ1) is 23.0. The van der Waals surface area contributed by atoms with Crippen molar-refractivity contribution < 1.29 is 9.53 Å². The van der Waals surface area contributed by atoms with Crippen LogP contribution in [-0.2, 0) is 9.53 Å². The first-order chi connectivity index (χ1) is 15.6. The molecular weight excluding hydrogens is 394 g/mol. The normalized spacial score (nSPS) is 24.6. The number of carbonyl (C=O) groups is 1. The molecule has 172 valence electrons. The Bertz CT molecular complexity index is 804. The molecule has 0 saturated heterocycles. The van der Waals surface area contributed by atoms with Gasteiger partial charge in [-0.3, -0.25) is 4.79 Å². The second-order valence-electron chi connectivity index (χ2n) is 10.2. The maximum Gasteiger partial charge on any atom is 0.318 e. The maximum absolute atomic E-state index is 14.1. The van der Waals surface area contributed by atoms with Crippen LogP contribution in [0.5, 0.6) is 0 Å². The minimum absolute atomic E-state index is 0.0707. The maximum atomic E-state index is 14.1. The molecule has 2 aromatic rings. The fraction of sp³-hybridized carbons (Fsp3) is 0.552. The molecule has 0 heterocycles. The highest BCUT2D eigenvalue weighted by Gasteiger charge is 2.50. The van der Waals surface area contributed by atoms with Gasteiger partial charge in [0.2, 0.25) is 0 Å². The van der Waals surface area contributed by atoms with Crippen LogP contribution < -0.4 is 0 Å². The molecule has 0 radical (unpaired) electrons. The van der Waals surface area contributed by atoms with Crippen LogP contribution in [0.2, 0.25) is 0 Å². The molecule has 4 rings (SSSR count). The van der Waals surface area contributed by atoms with Gasteiger partial charge in [0.05, 0.1) is 0 Å². The molecule has 2 aromatic carbocycles. The molecule has 0 bridgehead atoms. The summed E-state index contributed by atoms with van der Waals surface area (Å²) >= 11 is 0. The third-order valence-corrected chi connectivity index (χ3v) is 7.74. The van der Waals surface area contributed by atoms with E-state index in [0.29, 0.717) is 11.8 Å². The van der Waals surface area contributed by atoms with Crippen LogP contribution >= 0.6 is 0 Å². The lowest BCUT2D eigenvalue weighted by Gasteiger charge is -2.50. The van der Waals surface area contributed by atoms with Gasteiger partial charge >= 0.3 is 5.97 Å². The number of esters is 1. The zero-order valence-electron chi connectivity index (χ0n) is 19.8. The Kier molecular flexibility index (Phi) is 7.67. The summed E-state index contributed by atoms with van der Waals surface area (Å²) in [5.74, 6) is 0.446. The van der Waals surface area contributed by atoms with Gasteiger partial charge in [-0.1, -0.05) is 86.3 Å². The van der Waals surface area contributed by atoms with Gasteiger partial charge in [-0.15, -0.1) is 0 Å². The average Bonchev–Trinajstić information content (AvgIpc) is 2.82. The van der Waals surface area contributed by atoms with Crippen molar-refractivity contribution in [3.8, 4) is 0 Å². The number of hydrogen-bond acceptors (Lipinski definition) is 3. The molecule has 0 aromatic heterocycles. The lowest BCUT2D eigenvalue weighted by atomic mass is 9.64. The minimum atomic E-state index is -0.375. The van der Waals surface area contributed by atoms with E-state index >= 15 is 0 Å². The molecule has 32 heavy (non-hydrogen) atoms. The Hall–Kier alpha value is -2.13. The number of hydrogen-bond donors (Lipinski definition) is 0. The summed E-state index contributed by atoms with van der Waals surface area (Å²) in [5.41, 5.74) is 1.70. The lowest BCUT2D eigenvalue weighted by Crippen LogP contribution is -2.54. The molecule has 0 amide bonds. The molecule has 3 heteroatoms. The van der Waals surface area contributed by atoms with Crippen molar-refractivity contribution in [3.05, 3.63) is 71.8 Å². The van der Waals surface area contributed by atoms with Gasteiger partial charge in [0.25, 0.3) is 0 Å². The van der Waals surface area contributed by atoms with Crippen molar-refractivity contribution in [2.45, 2.75) is 69.3 Å². The van der Waals surface area contributed by atoms with E-state index in [1.807, 2.05) is 36.4 Å². The first-order valence-electron chi connectivity index (χ1n) is 12.6. The minimum Gasteiger partial charge on any atom is -0.458 e. The van der Waals surface area contributed by atoms with Gasteiger partial charge in [-0.25, -0.2) is 0 Å². The van der Waals surface area contributed by atoms with Crippen LogP contribution in [0.15, 0.2) is 60.7 Å². The molecule has 2 atom stereocenters.